The largest absolute Gasteiger partial charge is 0.350 e. The van der Waals surface area contributed by atoms with Crippen LogP contribution >= 0.6 is 11.6 Å². The highest BCUT2D eigenvalue weighted by Gasteiger charge is 2.05. The van der Waals surface area contributed by atoms with Crippen molar-refractivity contribution in [2.24, 2.45) is 0 Å². The Morgan fingerprint density at radius 1 is 1.70 bits per heavy atom. The van der Waals surface area contributed by atoms with Crippen LogP contribution in [0, 0.1) is 0 Å². The number of halogens is 1. The minimum absolute atomic E-state index is 0.146. The Morgan fingerprint density at radius 2 is 2.20 bits per heavy atom. The first kappa shape index (κ1) is 9.50. The molecule has 1 N–H and O–H groups in total. The minimum Gasteiger partial charge on any atom is -0.350 e. The molecule has 0 spiro atoms. The van der Waals surface area contributed by atoms with Gasteiger partial charge >= 0.3 is 0 Å². The highest BCUT2D eigenvalue weighted by atomic mass is 35.5. The average molecular weight is 162 g/mol. The number of nitrogens with one attached hydrogen (secondary N) is 1. The zero-order valence-corrected chi connectivity index (χ0v) is 7.03. The predicted octanol–water partition coefficient (Wildman–Crippen LogP) is 1.31. The van der Waals surface area contributed by atoms with E-state index < -0.39 is 0 Å². The monoisotopic (exact) mass is 161 g/mol. The van der Waals surface area contributed by atoms with Crippen molar-refractivity contribution >= 4 is 17.5 Å². The minimum atomic E-state index is -0.162. The van der Waals surface area contributed by atoms with Crippen molar-refractivity contribution < 1.29 is 4.79 Å². The highest BCUT2D eigenvalue weighted by Crippen LogP contribution is 1.93. The second-order valence-electron chi connectivity index (χ2n) is 2.37. The second kappa shape index (κ2) is 4.34. The molecule has 0 aliphatic heterocycles. The molecule has 0 fully saturated rings. The van der Waals surface area contributed by atoms with Gasteiger partial charge in [-0.3, -0.25) is 4.79 Å². The Balaban J connectivity index is 3.74. The lowest BCUT2D eigenvalue weighted by Gasteiger charge is -2.07. The van der Waals surface area contributed by atoms with Gasteiger partial charge in [-0.1, -0.05) is 6.58 Å². The van der Waals surface area contributed by atoms with Gasteiger partial charge < -0.3 is 5.32 Å². The van der Waals surface area contributed by atoms with Crippen molar-refractivity contribution in [3.8, 4) is 0 Å². The van der Waals surface area contributed by atoms with E-state index in [1.54, 1.807) is 0 Å². The van der Waals surface area contributed by atoms with Crippen LogP contribution in [0.2, 0.25) is 0 Å². The van der Waals surface area contributed by atoms with Crippen LogP contribution in [0.4, 0.5) is 0 Å². The zero-order valence-electron chi connectivity index (χ0n) is 6.28. The summed E-state index contributed by atoms with van der Waals surface area (Å²) in [4.78, 5) is 10.9. The number of hydrogen-bond acceptors (Lipinski definition) is 1. The van der Waals surface area contributed by atoms with E-state index in [0.29, 0.717) is 5.57 Å². The number of rotatable bonds is 3. The van der Waals surface area contributed by atoms with E-state index in [0.717, 1.165) is 0 Å². The van der Waals surface area contributed by atoms with E-state index in [4.69, 9.17) is 11.6 Å². The van der Waals surface area contributed by atoms with Crippen LogP contribution in [-0.4, -0.2) is 17.8 Å². The molecule has 0 unspecified atom stereocenters. The SMILES string of the molecule is C=C(CCl)C(=O)NC(C)C. The summed E-state index contributed by atoms with van der Waals surface area (Å²) in [6.45, 7) is 7.26. The molecule has 58 valence electrons. The van der Waals surface area contributed by atoms with E-state index in [2.05, 4.69) is 11.9 Å². The standard InChI is InChI=1S/C7H12ClNO/c1-5(2)9-7(10)6(3)4-8/h5H,3-4H2,1-2H3,(H,9,10). The van der Waals surface area contributed by atoms with E-state index in [1.807, 2.05) is 13.8 Å². The third kappa shape index (κ3) is 3.51. The molecular weight excluding hydrogens is 150 g/mol. The molecule has 0 aromatic rings. The van der Waals surface area contributed by atoms with Gasteiger partial charge in [0.2, 0.25) is 5.91 Å². The molecule has 0 saturated carbocycles. The Labute approximate surface area is 66.3 Å². The molecule has 0 aromatic heterocycles. The lowest BCUT2D eigenvalue weighted by molar-refractivity contribution is -0.117. The maximum atomic E-state index is 10.9. The normalized spacial score (nSPS) is 9.60. The number of hydrogen-bond donors (Lipinski definition) is 1. The molecule has 0 radical (unpaired) electrons. The zero-order chi connectivity index (χ0) is 8.15. The Hall–Kier alpha value is -0.500. The van der Waals surface area contributed by atoms with Crippen LogP contribution in [-0.2, 0) is 4.79 Å². The fraction of sp³-hybridized carbons (Fsp3) is 0.571. The lowest BCUT2D eigenvalue weighted by atomic mass is 10.3. The molecule has 0 aliphatic rings. The molecule has 0 atom stereocenters. The molecule has 0 heterocycles. The van der Waals surface area contributed by atoms with Crippen molar-refractivity contribution in [1.82, 2.24) is 5.32 Å². The van der Waals surface area contributed by atoms with E-state index >= 15 is 0 Å². The molecule has 10 heavy (non-hydrogen) atoms. The summed E-state index contributed by atoms with van der Waals surface area (Å²) in [6, 6.07) is 0.146. The molecule has 0 bridgehead atoms. The van der Waals surface area contributed by atoms with Crippen molar-refractivity contribution in [3.05, 3.63) is 12.2 Å². The molecule has 0 rings (SSSR count). The smallest absolute Gasteiger partial charge is 0.248 e. The first-order chi connectivity index (χ1) is 4.57. The van der Waals surface area contributed by atoms with Gasteiger partial charge in [-0.05, 0) is 13.8 Å². The maximum absolute atomic E-state index is 10.9. The van der Waals surface area contributed by atoms with E-state index in [9.17, 15) is 4.79 Å². The summed E-state index contributed by atoms with van der Waals surface area (Å²) in [5.41, 5.74) is 0.412. The van der Waals surface area contributed by atoms with Crippen molar-refractivity contribution in [3.63, 3.8) is 0 Å². The predicted molar refractivity (Wildman–Crippen MR) is 43.1 cm³/mol. The van der Waals surface area contributed by atoms with Gasteiger partial charge in [-0.2, -0.15) is 0 Å². The Bertz CT molecular complexity index is 143. The second-order valence-corrected chi connectivity index (χ2v) is 2.63. The van der Waals surface area contributed by atoms with Gasteiger partial charge in [0, 0.05) is 11.6 Å². The highest BCUT2D eigenvalue weighted by molar-refractivity contribution is 6.22. The van der Waals surface area contributed by atoms with Gasteiger partial charge in [0.05, 0.1) is 5.88 Å². The fourth-order valence-corrected chi connectivity index (χ4v) is 0.546. The summed E-state index contributed by atoms with van der Waals surface area (Å²) in [7, 11) is 0. The average Bonchev–Trinajstić information content (AvgIpc) is 1.85. The number of carbonyl (C=O) groups excluding carboxylic acids is 1. The van der Waals surface area contributed by atoms with Gasteiger partial charge in [0.1, 0.15) is 0 Å². The van der Waals surface area contributed by atoms with Gasteiger partial charge in [0.25, 0.3) is 0 Å². The molecule has 0 saturated heterocycles. The fourth-order valence-electron chi connectivity index (χ4n) is 0.425. The topological polar surface area (TPSA) is 29.1 Å². The maximum Gasteiger partial charge on any atom is 0.248 e. The number of carbonyl (C=O) groups is 1. The molecular formula is C7H12ClNO. The summed E-state index contributed by atoms with van der Waals surface area (Å²) >= 11 is 5.37. The lowest BCUT2D eigenvalue weighted by Crippen LogP contribution is -2.31. The molecule has 1 amide bonds. The van der Waals surface area contributed by atoms with Crippen LogP contribution in [0.1, 0.15) is 13.8 Å². The van der Waals surface area contributed by atoms with Gasteiger partial charge in [0.15, 0.2) is 0 Å². The third-order valence-electron chi connectivity index (χ3n) is 0.902. The summed E-state index contributed by atoms with van der Waals surface area (Å²) in [6.07, 6.45) is 0. The van der Waals surface area contributed by atoms with Crippen LogP contribution in [0.15, 0.2) is 12.2 Å². The molecule has 0 aromatic carbocycles. The number of alkyl halides is 1. The van der Waals surface area contributed by atoms with Crippen molar-refractivity contribution in [1.29, 1.82) is 0 Å². The van der Waals surface area contributed by atoms with E-state index in [-0.39, 0.29) is 17.8 Å². The first-order valence-corrected chi connectivity index (χ1v) is 3.66. The third-order valence-corrected chi connectivity index (χ3v) is 1.22. The van der Waals surface area contributed by atoms with Gasteiger partial charge in [-0.25, -0.2) is 0 Å². The van der Waals surface area contributed by atoms with Crippen LogP contribution in [0.5, 0.6) is 0 Å². The van der Waals surface area contributed by atoms with Crippen LogP contribution < -0.4 is 5.32 Å². The Kier molecular flexibility index (Phi) is 4.12. The summed E-state index contributed by atoms with van der Waals surface area (Å²) in [5.74, 6) is 0.0310. The van der Waals surface area contributed by atoms with E-state index in [1.165, 1.54) is 0 Å². The molecule has 3 heteroatoms. The van der Waals surface area contributed by atoms with Crippen molar-refractivity contribution in [2.75, 3.05) is 5.88 Å². The Morgan fingerprint density at radius 3 is 2.50 bits per heavy atom. The van der Waals surface area contributed by atoms with Gasteiger partial charge in [-0.15, -0.1) is 11.6 Å². The van der Waals surface area contributed by atoms with Crippen LogP contribution in [0.25, 0.3) is 0 Å². The molecule has 2 nitrogen and oxygen atoms in total. The number of amides is 1. The molecule has 0 aliphatic carbocycles. The quantitative estimate of drug-likeness (QED) is 0.491. The summed E-state index contributed by atoms with van der Waals surface area (Å²) in [5, 5.41) is 2.67. The van der Waals surface area contributed by atoms with Crippen LogP contribution in [0.3, 0.4) is 0 Å². The van der Waals surface area contributed by atoms with Crippen molar-refractivity contribution in [2.45, 2.75) is 19.9 Å². The first-order valence-electron chi connectivity index (χ1n) is 3.12. The summed E-state index contributed by atoms with van der Waals surface area (Å²) < 4.78 is 0.